The highest BCUT2D eigenvalue weighted by Gasteiger charge is 2.10. The van der Waals surface area contributed by atoms with Crippen molar-refractivity contribution in [3.05, 3.63) is 60.2 Å². The first-order valence-electron chi connectivity index (χ1n) is 6.86. The molecular weight excluding hydrogens is 264 g/mol. The van der Waals surface area contributed by atoms with Crippen LogP contribution in [0.4, 0.5) is 10.5 Å². The van der Waals surface area contributed by atoms with Crippen molar-refractivity contribution in [2.45, 2.75) is 6.54 Å². The predicted octanol–water partition coefficient (Wildman–Crippen LogP) is 3.50. The molecule has 110 valence electrons. The highest BCUT2D eigenvalue weighted by molar-refractivity contribution is 5.86. The molecule has 0 aliphatic heterocycles. The average Bonchev–Trinajstić information content (AvgIpc) is 2.38. The first kappa shape index (κ1) is 15.1. The first-order chi connectivity index (χ1) is 9.92. The molecule has 2 aromatic rings. The molecule has 21 heavy (non-hydrogen) atoms. The van der Waals surface area contributed by atoms with E-state index >= 15 is 0 Å². The van der Waals surface area contributed by atoms with Crippen molar-refractivity contribution in [3.63, 3.8) is 0 Å². The van der Waals surface area contributed by atoms with Crippen molar-refractivity contribution in [1.82, 2.24) is 0 Å². The predicted molar refractivity (Wildman–Crippen MR) is 84.3 cm³/mol. The molecule has 2 aromatic carbocycles. The summed E-state index contributed by atoms with van der Waals surface area (Å²) in [6, 6.07) is 16.8. The highest BCUT2D eigenvalue weighted by atomic mass is 16.6. The number of benzene rings is 2. The maximum absolute atomic E-state index is 11.8. The lowest BCUT2D eigenvalue weighted by Gasteiger charge is -2.24. The van der Waals surface area contributed by atoms with Crippen LogP contribution in [0, 0.1) is 0 Å². The summed E-state index contributed by atoms with van der Waals surface area (Å²) in [4.78, 5) is 11.8. The number of nitrogens with zero attached hydrogens (tertiary/aromatic N) is 1. The van der Waals surface area contributed by atoms with E-state index in [1.807, 2.05) is 48.5 Å². The number of hydrogen-bond donors (Lipinski definition) is 1. The van der Waals surface area contributed by atoms with Gasteiger partial charge in [0.05, 0.1) is 21.1 Å². The van der Waals surface area contributed by atoms with Crippen molar-refractivity contribution in [2.24, 2.45) is 0 Å². The topological polar surface area (TPSA) is 38.3 Å². The van der Waals surface area contributed by atoms with Gasteiger partial charge in [-0.1, -0.05) is 30.3 Å². The number of para-hydroxylation sites is 1. The number of carbonyl (C=O) groups excluding carboxylic acids is 1. The fourth-order valence-electron chi connectivity index (χ4n) is 2.03. The van der Waals surface area contributed by atoms with Crippen molar-refractivity contribution in [3.8, 4) is 5.75 Å². The van der Waals surface area contributed by atoms with Crippen LogP contribution in [0.5, 0.6) is 5.75 Å². The Hall–Kier alpha value is -2.33. The Kier molecular flexibility index (Phi) is 4.60. The third kappa shape index (κ3) is 5.28. The zero-order valence-corrected chi connectivity index (χ0v) is 12.7. The Morgan fingerprint density at radius 1 is 1.05 bits per heavy atom. The van der Waals surface area contributed by atoms with Gasteiger partial charge in [0.25, 0.3) is 0 Å². The molecule has 1 N–H and O–H groups in total. The van der Waals surface area contributed by atoms with Crippen LogP contribution >= 0.6 is 0 Å². The molecule has 0 atom stereocenters. The van der Waals surface area contributed by atoms with E-state index in [1.165, 1.54) is 0 Å². The molecule has 0 aliphatic rings. The summed E-state index contributed by atoms with van der Waals surface area (Å²) in [5.41, 5.74) is 1.84. The number of rotatable bonds is 4. The lowest BCUT2D eigenvalue weighted by atomic mass is 10.2. The summed E-state index contributed by atoms with van der Waals surface area (Å²) in [5, 5.41) is 2.69. The van der Waals surface area contributed by atoms with E-state index in [0.717, 1.165) is 16.6 Å². The van der Waals surface area contributed by atoms with Crippen molar-refractivity contribution in [2.75, 3.05) is 26.5 Å². The normalized spacial score (nSPS) is 11.0. The fourth-order valence-corrected chi connectivity index (χ4v) is 2.03. The smallest absolute Gasteiger partial charge is 0.410 e. The molecule has 0 unspecified atom stereocenters. The summed E-state index contributed by atoms with van der Waals surface area (Å²) in [5.74, 6) is 0.550. The summed E-state index contributed by atoms with van der Waals surface area (Å²) in [6.45, 7) is 0.873. The number of carbonyl (C=O) groups is 1. The molecular formula is C17H21N2O2+. The molecule has 1 amide bonds. The molecule has 0 fully saturated rings. The van der Waals surface area contributed by atoms with Gasteiger partial charge in [0, 0.05) is 11.3 Å². The van der Waals surface area contributed by atoms with Gasteiger partial charge in [-0.25, -0.2) is 4.79 Å². The molecule has 0 heterocycles. The Morgan fingerprint density at radius 2 is 1.76 bits per heavy atom. The van der Waals surface area contributed by atoms with Gasteiger partial charge < -0.3 is 9.22 Å². The second-order valence-electron chi connectivity index (χ2n) is 5.98. The number of ether oxygens (including phenoxy) is 1. The Bertz CT molecular complexity index is 604. The van der Waals surface area contributed by atoms with E-state index < -0.39 is 6.09 Å². The quantitative estimate of drug-likeness (QED) is 0.873. The number of anilines is 1. The largest absolute Gasteiger partial charge is 0.417 e. The summed E-state index contributed by atoms with van der Waals surface area (Å²) < 4.78 is 6.14. The molecule has 0 bridgehead atoms. The summed E-state index contributed by atoms with van der Waals surface area (Å²) >= 11 is 0. The standard InChI is InChI=1S/C17H20N2O2/c1-19(2,3)13-14-8-7-11-16(12-14)21-17(20)18-15-9-5-4-6-10-15/h4-12H,13H2,1-3H3/p+1. The van der Waals surface area contributed by atoms with Gasteiger partial charge >= 0.3 is 6.09 Å². The van der Waals surface area contributed by atoms with Gasteiger partial charge in [0.2, 0.25) is 0 Å². The zero-order chi connectivity index (χ0) is 15.3. The Labute approximate surface area is 125 Å². The first-order valence-corrected chi connectivity index (χ1v) is 6.86. The van der Waals surface area contributed by atoms with Gasteiger partial charge in [-0.05, 0) is 24.3 Å². The van der Waals surface area contributed by atoms with Crippen molar-refractivity contribution >= 4 is 11.8 Å². The summed E-state index contributed by atoms with van der Waals surface area (Å²) in [7, 11) is 6.36. The van der Waals surface area contributed by atoms with Crippen LogP contribution in [0.15, 0.2) is 54.6 Å². The van der Waals surface area contributed by atoms with E-state index in [-0.39, 0.29) is 0 Å². The monoisotopic (exact) mass is 285 g/mol. The van der Waals surface area contributed by atoms with Crippen LogP contribution < -0.4 is 10.1 Å². The van der Waals surface area contributed by atoms with Crippen molar-refractivity contribution in [1.29, 1.82) is 0 Å². The minimum absolute atomic E-state index is 0.483. The van der Waals surface area contributed by atoms with Gasteiger partial charge in [0.1, 0.15) is 12.3 Å². The third-order valence-corrected chi connectivity index (χ3v) is 2.79. The van der Waals surface area contributed by atoms with E-state index in [4.69, 9.17) is 4.74 Å². The molecule has 0 spiro atoms. The Morgan fingerprint density at radius 3 is 2.43 bits per heavy atom. The average molecular weight is 285 g/mol. The number of hydrogen-bond acceptors (Lipinski definition) is 2. The minimum Gasteiger partial charge on any atom is -0.410 e. The van der Waals surface area contributed by atoms with Gasteiger partial charge in [-0.2, -0.15) is 0 Å². The number of nitrogens with one attached hydrogen (secondary N) is 1. The Balaban J connectivity index is 1.99. The van der Waals surface area contributed by atoms with Gasteiger partial charge in [0.15, 0.2) is 0 Å². The number of quaternary nitrogens is 1. The minimum atomic E-state index is -0.483. The van der Waals surface area contributed by atoms with E-state index in [9.17, 15) is 4.79 Å². The molecule has 2 rings (SSSR count). The molecule has 0 radical (unpaired) electrons. The lowest BCUT2D eigenvalue weighted by molar-refractivity contribution is -0.884. The third-order valence-electron chi connectivity index (χ3n) is 2.79. The molecule has 0 saturated heterocycles. The van der Waals surface area contributed by atoms with Crippen LogP contribution in [0.3, 0.4) is 0 Å². The van der Waals surface area contributed by atoms with Gasteiger partial charge in [-0.3, -0.25) is 5.32 Å². The molecule has 0 aliphatic carbocycles. The summed E-state index contributed by atoms with van der Waals surface area (Å²) in [6.07, 6.45) is -0.483. The van der Waals surface area contributed by atoms with E-state index in [0.29, 0.717) is 11.4 Å². The molecule has 4 heteroatoms. The number of amides is 1. The van der Waals surface area contributed by atoms with Crippen LogP contribution in [0.2, 0.25) is 0 Å². The van der Waals surface area contributed by atoms with Crippen LogP contribution in [0.25, 0.3) is 0 Å². The maximum atomic E-state index is 11.8. The molecule has 0 aromatic heterocycles. The van der Waals surface area contributed by atoms with Crippen LogP contribution in [-0.2, 0) is 6.54 Å². The molecule has 0 saturated carbocycles. The highest BCUT2D eigenvalue weighted by Crippen LogP contribution is 2.16. The molecule has 4 nitrogen and oxygen atoms in total. The SMILES string of the molecule is C[N+](C)(C)Cc1cccc(OC(=O)Nc2ccccc2)c1. The van der Waals surface area contributed by atoms with Crippen molar-refractivity contribution < 1.29 is 14.0 Å². The van der Waals surface area contributed by atoms with Crippen LogP contribution in [-0.4, -0.2) is 31.7 Å². The fraction of sp³-hybridized carbons (Fsp3) is 0.235. The second-order valence-corrected chi connectivity index (χ2v) is 5.98. The second kappa shape index (κ2) is 6.41. The maximum Gasteiger partial charge on any atom is 0.417 e. The zero-order valence-electron chi connectivity index (χ0n) is 12.7. The lowest BCUT2D eigenvalue weighted by Crippen LogP contribution is -2.33. The van der Waals surface area contributed by atoms with E-state index in [1.54, 1.807) is 6.07 Å². The van der Waals surface area contributed by atoms with Crippen LogP contribution in [0.1, 0.15) is 5.56 Å². The van der Waals surface area contributed by atoms with E-state index in [2.05, 4.69) is 26.5 Å². The van der Waals surface area contributed by atoms with Gasteiger partial charge in [-0.15, -0.1) is 0 Å².